The number of nitrogens with two attached hydrogens (primary N) is 1. The fourth-order valence-electron chi connectivity index (χ4n) is 8.71. The third-order valence-corrected chi connectivity index (χ3v) is 14.3. The molecule has 0 fully saturated rings. The van der Waals surface area contributed by atoms with E-state index in [0.717, 1.165) is 83.5 Å². The molecule has 79 heavy (non-hydrogen) atoms. The van der Waals surface area contributed by atoms with Crippen LogP contribution in [-0.2, 0) is 32.7 Å². The molecule has 0 aliphatic carbocycles. The number of allylic oxidation sites excluding steroid dienone is 20. The van der Waals surface area contributed by atoms with Crippen LogP contribution in [0.15, 0.2) is 122 Å². The van der Waals surface area contributed by atoms with Gasteiger partial charge in [-0.25, -0.2) is 4.57 Å². The maximum Gasteiger partial charge on any atom is 0.472 e. The van der Waals surface area contributed by atoms with Gasteiger partial charge in [0.05, 0.1) is 13.2 Å². The number of hydrogen-bond acceptors (Lipinski definition) is 8. The molecule has 2 atom stereocenters. The van der Waals surface area contributed by atoms with Crippen LogP contribution < -0.4 is 5.73 Å². The van der Waals surface area contributed by atoms with Gasteiger partial charge in [0, 0.05) is 19.4 Å². The molecule has 452 valence electrons. The maximum atomic E-state index is 12.7. The average molecular weight is 1120 g/mol. The molecule has 0 aromatic carbocycles. The van der Waals surface area contributed by atoms with Gasteiger partial charge in [0.25, 0.3) is 0 Å². The van der Waals surface area contributed by atoms with Crippen LogP contribution >= 0.6 is 7.82 Å². The van der Waals surface area contributed by atoms with E-state index in [1.165, 1.54) is 154 Å². The van der Waals surface area contributed by atoms with Crippen molar-refractivity contribution in [3.8, 4) is 0 Å². The second-order valence-electron chi connectivity index (χ2n) is 20.9. The Morgan fingerprint density at radius 1 is 0.380 bits per heavy atom. The summed E-state index contributed by atoms with van der Waals surface area (Å²) in [5.74, 6) is -0.923. The number of ether oxygens (including phenoxy) is 2. The lowest BCUT2D eigenvalue weighted by atomic mass is 10.0. The molecule has 10 heteroatoms. The molecule has 0 rings (SSSR count). The molecule has 3 N–H and O–H groups in total. The van der Waals surface area contributed by atoms with Gasteiger partial charge in [0.15, 0.2) is 6.10 Å². The number of phosphoric ester groups is 1. The summed E-state index contributed by atoms with van der Waals surface area (Å²) in [5, 5.41) is 0. The van der Waals surface area contributed by atoms with Gasteiger partial charge in [-0.3, -0.25) is 18.6 Å². The van der Waals surface area contributed by atoms with E-state index in [1.54, 1.807) is 0 Å². The van der Waals surface area contributed by atoms with Gasteiger partial charge >= 0.3 is 19.8 Å². The van der Waals surface area contributed by atoms with Crippen LogP contribution in [0.3, 0.4) is 0 Å². The van der Waals surface area contributed by atoms with Gasteiger partial charge in [-0.05, 0) is 89.9 Å². The standard InChI is InChI=1S/C69H118NO8P/c1-3-5-7-9-11-13-15-17-19-21-23-24-25-26-27-28-29-30-31-32-33-34-35-36-37-38-39-40-41-42-44-45-47-49-51-53-55-57-59-61-68(71)75-65-67(66-77-79(73,74)76-64-63-70)78-69(72)62-60-58-56-54-52-50-48-46-43-22-20-18-16-14-12-10-8-6-4-2/h5-8,11-14,17-20,23-24,43,46,50,52,56,58,67H,3-4,9-10,15-16,21-22,25-42,44-45,47-49,51,53-55,57,59-66,70H2,1-2H3,(H,73,74)/b7-5-,8-6-,13-11-,14-12-,19-17-,20-18-,24-23-,46-43-,52-50-,58-56-. The quantitative estimate of drug-likeness (QED) is 0.0264. The second-order valence-corrected chi connectivity index (χ2v) is 22.3. The summed E-state index contributed by atoms with van der Waals surface area (Å²) in [6, 6.07) is 0. The number of carbonyl (C=O) groups excluding carboxylic acids is 2. The Hall–Kier alpha value is -3.59. The number of carbonyl (C=O) groups is 2. The minimum absolute atomic E-state index is 0.0379. The molecule has 0 aliphatic rings. The highest BCUT2D eigenvalue weighted by atomic mass is 31.2. The van der Waals surface area contributed by atoms with Crippen molar-refractivity contribution in [2.75, 3.05) is 26.4 Å². The molecule has 0 amide bonds. The van der Waals surface area contributed by atoms with Gasteiger partial charge in [0.1, 0.15) is 6.61 Å². The first-order valence-corrected chi connectivity index (χ1v) is 33.5. The summed E-state index contributed by atoms with van der Waals surface area (Å²) in [6.07, 6.45) is 88.9. The fourth-order valence-corrected chi connectivity index (χ4v) is 9.48. The molecule has 0 heterocycles. The van der Waals surface area contributed by atoms with Crippen molar-refractivity contribution >= 4 is 19.8 Å². The third kappa shape index (κ3) is 63.5. The maximum absolute atomic E-state index is 12.7. The van der Waals surface area contributed by atoms with Crippen molar-refractivity contribution in [2.45, 2.75) is 277 Å². The molecule has 2 unspecified atom stereocenters. The SMILES string of the molecule is CC/C=C\C/C=C\C/C=C\C/C=C\C/C=C\C/C=C\CCC(=O)OC(COC(=O)CCCCCCCCCCCCCCCCCCCCCCCCCCCC/C=C\C/C=C\C/C=C\C/C=C\CC)COP(=O)(O)OCCN. The van der Waals surface area contributed by atoms with E-state index in [-0.39, 0.29) is 32.6 Å². The Balaban J connectivity index is 3.85. The second kappa shape index (κ2) is 63.6. The third-order valence-electron chi connectivity index (χ3n) is 13.4. The number of phosphoric acid groups is 1. The minimum atomic E-state index is -4.41. The van der Waals surface area contributed by atoms with Gasteiger partial charge < -0.3 is 20.1 Å². The smallest absolute Gasteiger partial charge is 0.462 e. The number of rotatable bonds is 59. The largest absolute Gasteiger partial charge is 0.472 e. The Morgan fingerprint density at radius 3 is 1.03 bits per heavy atom. The van der Waals surface area contributed by atoms with Crippen LogP contribution in [-0.4, -0.2) is 49.3 Å². The lowest BCUT2D eigenvalue weighted by Gasteiger charge is -2.19. The van der Waals surface area contributed by atoms with Crippen molar-refractivity contribution in [2.24, 2.45) is 5.73 Å². The normalized spacial score (nSPS) is 13.8. The highest BCUT2D eigenvalue weighted by Gasteiger charge is 2.26. The van der Waals surface area contributed by atoms with Gasteiger partial charge in [-0.2, -0.15) is 0 Å². The molecular formula is C69H118NO8P. The first-order chi connectivity index (χ1) is 38.8. The molecule has 0 saturated heterocycles. The van der Waals surface area contributed by atoms with E-state index in [4.69, 9.17) is 24.3 Å². The van der Waals surface area contributed by atoms with Gasteiger partial charge in [-0.15, -0.1) is 0 Å². The van der Waals surface area contributed by atoms with Gasteiger partial charge in [-0.1, -0.05) is 289 Å². The predicted octanol–water partition coefficient (Wildman–Crippen LogP) is 20.7. The zero-order valence-electron chi connectivity index (χ0n) is 50.6. The molecule has 0 bridgehead atoms. The number of unbranched alkanes of at least 4 members (excludes halogenated alkanes) is 26. The Kier molecular flexibility index (Phi) is 60.7. The van der Waals surface area contributed by atoms with Crippen molar-refractivity contribution in [3.63, 3.8) is 0 Å². The van der Waals surface area contributed by atoms with Crippen molar-refractivity contribution in [1.29, 1.82) is 0 Å². The summed E-state index contributed by atoms with van der Waals surface area (Å²) < 4.78 is 32.9. The Bertz CT molecular complexity index is 1710. The van der Waals surface area contributed by atoms with E-state index in [9.17, 15) is 19.0 Å². The van der Waals surface area contributed by atoms with E-state index >= 15 is 0 Å². The number of hydrogen-bond donors (Lipinski definition) is 2. The average Bonchev–Trinajstić information content (AvgIpc) is 3.44. The van der Waals surface area contributed by atoms with Crippen LogP contribution in [0.2, 0.25) is 0 Å². The first-order valence-electron chi connectivity index (χ1n) is 32.0. The van der Waals surface area contributed by atoms with Crippen LogP contribution in [0.1, 0.15) is 271 Å². The van der Waals surface area contributed by atoms with E-state index in [2.05, 4.69) is 123 Å². The summed E-state index contributed by atoms with van der Waals surface area (Å²) in [6.45, 7) is 3.44. The molecule has 0 aliphatic heterocycles. The Labute approximate surface area is 485 Å². The van der Waals surface area contributed by atoms with Crippen molar-refractivity contribution < 1.29 is 37.6 Å². The molecule has 0 spiro atoms. The lowest BCUT2D eigenvalue weighted by Crippen LogP contribution is -2.29. The molecule has 0 aromatic rings. The highest BCUT2D eigenvalue weighted by molar-refractivity contribution is 7.47. The van der Waals surface area contributed by atoms with Crippen LogP contribution in [0.4, 0.5) is 0 Å². The molecule has 0 saturated carbocycles. The summed E-state index contributed by atoms with van der Waals surface area (Å²) in [4.78, 5) is 35.2. The molecule has 0 aromatic heterocycles. The molecule has 9 nitrogen and oxygen atoms in total. The van der Waals surface area contributed by atoms with Crippen LogP contribution in [0, 0.1) is 0 Å². The minimum Gasteiger partial charge on any atom is -0.462 e. The monoisotopic (exact) mass is 1120 g/mol. The Morgan fingerprint density at radius 2 is 0.684 bits per heavy atom. The van der Waals surface area contributed by atoms with E-state index in [0.29, 0.717) is 6.42 Å². The topological polar surface area (TPSA) is 134 Å². The first kappa shape index (κ1) is 75.4. The van der Waals surface area contributed by atoms with Crippen LogP contribution in [0.5, 0.6) is 0 Å². The van der Waals surface area contributed by atoms with Crippen molar-refractivity contribution in [1.82, 2.24) is 0 Å². The van der Waals surface area contributed by atoms with Crippen LogP contribution in [0.25, 0.3) is 0 Å². The lowest BCUT2D eigenvalue weighted by molar-refractivity contribution is -0.161. The van der Waals surface area contributed by atoms with E-state index in [1.807, 2.05) is 12.2 Å². The zero-order chi connectivity index (χ0) is 57.3. The molecular weight excluding hydrogens is 1000 g/mol. The summed E-state index contributed by atoms with van der Waals surface area (Å²) in [7, 11) is -4.41. The summed E-state index contributed by atoms with van der Waals surface area (Å²) >= 11 is 0. The number of esters is 2. The van der Waals surface area contributed by atoms with Gasteiger partial charge in [0.2, 0.25) is 0 Å². The predicted molar refractivity (Wildman–Crippen MR) is 339 cm³/mol. The fraction of sp³-hybridized carbons (Fsp3) is 0.681. The highest BCUT2D eigenvalue weighted by Crippen LogP contribution is 2.43. The zero-order valence-corrected chi connectivity index (χ0v) is 51.5. The van der Waals surface area contributed by atoms with Crippen molar-refractivity contribution in [3.05, 3.63) is 122 Å². The summed E-state index contributed by atoms with van der Waals surface area (Å²) in [5.41, 5.74) is 5.38. The van der Waals surface area contributed by atoms with E-state index < -0.39 is 32.5 Å². The molecule has 0 radical (unpaired) electrons.